The third kappa shape index (κ3) is 4.02. The molecule has 0 fully saturated rings. The minimum absolute atomic E-state index is 0. The first kappa shape index (κ1) is 16.1. The summed E-state index contributed by atoms with van der Waals surface area (Å²) < 4.78 is 32.6. The van der Waals surface area contributed by atoms with Gasteiger partial charge in [-0.05, 0) is 28.5 Å². The fourth-order valence-corrected chi connectivity index (χ4v) is 2.22. The van der Waals surface area contributed by atoms with Crippen LogP contribution in [0.2, 0.25) is 0 Å². The Morgan fingerprint density at radius 2 is 1.68 bits per heavy atom. The van der Waals surface area contributed by atoms with Gasteiger partial charge in [0, 0.05) is 0 Å². The summed E-state index contributed by atoms with van der Waals surface area (Å²) in [5.74, 6) is -0.937. The van der Waals surface area contributed by atoms with Crippen LogP contribution in [0, 0.1) is 0 Å². The van der Waals surface area contributed by atoms with E-state index in [9.17, 15) is 17.8 Å². The number of hydrogen-bond acceptors (Lipinski definition) is 4. The van der Waals surface area contributed by atoms with Crippen LogP contribution in [0.4, 0.5) is 0 Å². The van der Waals surface area contributed by atoms with Gasteiger partial charge in [0.2, 0.25) is 0 Å². The minimum atomic E-state index is -4.47. The van der Waals surface area contributed by atoms with Crippen LogP contribution in [0.5, 0.6) is 0 Å². The molecule has 0 aliphatic rings. The molecule has 0 aliphatic carbocycles. The number of benzene rings is 2. The summed E-state index contributed by atoms with van der Waals surface area (Å²) in [7, 11) is -4.47. The van der Waals surface area contributed by atoms with Crippen LogP contribution >= 0.6 is 0 Å². The molecular formula is C12H9NaO5S. The maximum atomic E-state index is 10.9. The normalized spacial score (nSPS) is 11.0. The molecule has 94 valence electrons. The third-order valence-electron chi connectivity index (χ3n) is 2.52. The van der Waals surface area contributed by atoms with Crippen molar-refractivity contribution in [1.82, 2.24) is 0 Å². The summed E-state index contributed by atoms with van der Waals surface area (Å²) in [5, 5.41) is 9.95. The topological polar surface area (TPSA) is 94.5 Å². The summed E-state index contributed by atoms with van der Waals surface area (Å²) in [6, 6.07) is 8.84. The van der Waals surface area contributed by atoms with Gasteiger partial charge in [-0.2, -0.15) is 0 Å². The molecule has 19 heavy (non-hydrogen) atoms. The number of carboxylic acids is 1. The molecule has 0 unspecified atom stereocenters. The molecule has 0 spiro atoms. The Morgan fingerprint density at radius 3 is 2.26 bits per heavy atom. The van der Waals surface area contributed by atoms with Crippen LogP contribution in [0.3, 0.4) is 0 Å². The maximum Gasteiger partial charge on any atom is 1.00 e. The molecule has 0 bridgehead atoms. The zero-order valence-corrected chi connectivity index (χ0v) is 13.0. The van der Waals surface area contributed by atoms with Gasteiger partial charge in [0.1, 0.15) is 10.1 Å². The van der Waals surface area contributed by atoms with Gasteiger partial charge in [-0.25, -0.2) is 8.42 Å². The molecular weight excluding hydrogens is 279 g/mol. The molecule has 0 atom stereocenters. The summed E-state index contributed by atoms with van der Waals surface area (Å²) in [5.41, 5.74) is 0.618. The molecule has 2 rings (SSSR count). The largest absolute Gasteiger partial charge is 1.00 e. The van der Waals surface area contributed by atoms with Crippen LogP contribution in [0.1, 0.15) is 5.56 Å². The molecule has 0 aliphatic heterocycles. The average Bonchev–Trinajstić information content (AvgIpc) is 2.26. The second-order valence-corrected chi connectivity index (χ2v) is 5.25. The van der Waals surface area contributed by atoms with Gasteiger partial charge >= 0.3 is 35.5 Å². The van der Waals surface area contributed by atoms with Gasteiger partial charge < -0.3 is 9.66 Å². The maximum absolute atomic E-state index is 10.9. The molecule has 0 saturated carbocycles. The van der Waals surface area contributed by atoms with Crippen LogP contribution in [0.25, 0.3) is 10.8 Å². The first-order chi connectivity index (χ1) is 8.36. The fourth-order valence-electron chi connectivity index (χ4n) is 1.71. The van der Waals surface area contributed by atoms with Crippen molar-refractivity contribution in [3.63, 3.8) is 0 Å². The van der Waals surface area contributed by atoms with Crippen molar-refractivity contribution < 1.29 is 52.4 Å². The molecule has 2 aromatic rings. The second kappa shape index (κ2) is 6.02. The number of rotatable bonds is 3. The molecule has 7 heteroatoms. The average molecular weight is 288 g/mol. The Labute approximate surface area is 132 Å². The third-order valence-corrected chi connectivity index (χ3v) is 3.35. The van der Waals surface area contributed by atoms with Gasteiger partial charge in [0.15, 0.2) is 0 Å². The van der Waals surface area contributed by atoms with Crippen LogP contribution in [-0.2, 0) is 21.3 Å². The summed E-state index contributed by atoms with van der Waals surface area (Å²) in [4.78, 5) is 10.3. The predicted octanol–water partition coefficient (Wildman–Crippen LogP) is -1.62. The Kier molecular flexibility index (Phi) is 5.11. The standard InChI is InChI=1S/C12H10O5S.Na/c13-12(14)6-8-1-2-10-7-11(18(15,16)17)4-3-9(10)5-8;/h1-5,7H,6H2,(H,13,14)(H,15,16,17);/q;+1/p-1. The van der Waals surface area contributed by atoms with Crippen molar-refractivity contribution in [2.75, 3.05) is 0 Å². The summed E-state index contributed by atoms with van der Waals surface area (Å²) in [6.45, 7) is 0. The van der Waals surface area contributed by atoms with E-state index < -0.39 is 16.1 Å². The van der Waals surface area contributed by atoms with Crippen molar-refractivity contribution in [3.05, 3.63) is 42.0 Å². The van der Waals surface area contributed by atoms with E-state index >= 15 is 0 Å². The number of carboxylic acid groups (broad SMARTS) is 1. The van der Waals surface area contributed by atoms with Crippen molar-refractivity contribution >= 4 is 26.9 Å². The van der Waals surface area contributed by atoms with E-state index in [1.54, 1.807) is 18.2 Å². The van der Waals surface area contributed by atoms with Crippen LogP contribution < -0.4 is 29.6 Å². The van der Waals surface area contributed by atoms with Crippen LogP contribution in [-0.4, -0.2) is 24.0 Å². The second-order valence-electron chi connectivity index (χ2n) is 3.87. The van der Waals surface area contributed by atoms with Crippen LogP contribution in [0.15, 0.2) is 41.3 Å². The molecule has 2 aromatic carbocycles. The van der Waals surface area contributed by atoms with Gasteiger partial charge in [-0.1, -0.05) is 24.3 Å². The molecule has 0 saturated heterocycles. The molecule has 0 amide bonds. The van der Waals surface area contributed by atoms with Gasteiger partial charge in [-0.15, -0.1) is 0 Å². The van der Waals surface area contributed by atoms with Gasteiger partial charge in [-0.3, -0.25) is 4.79 Å². The summed E-state index contributed by atoms with van der Waals surface area (Å²) >= 11 is 0. The Bertz CT molecular complexity index is 724. The Morgan fingerprint density at radius 1 is 1.11 bits per heavy atom. The van der Waals surface area contributed by atoms with E-state index in [2.05, 4.69) is 0 Å². The number of carbonyl (C=O) groups is 1. The number of fused-ring (bicyclic) bond motifs is 1. The smallest absolute Gasteiger partial charge is 0.744 e. The zero-order valence-electron chi connectivity index (χ0n) is 10.2. The minimum Gasteiger partial charge on any atom is -0.744 e. The fraction of sp³-hybridized carbons (Fsp3) is 0.0833. The summed E-state index contributed by atoms with van der Waals surface area (Å²) in [6.07, 6.45) is -0.0997. The molecule has 1 N–H and O–H groups in total. The molecule has 0 radical (unpaired) electrons. The Balaban J connectivity index is 0.00000180. The van der Waals surface area contributed by atoms with Gasteiger partial charge in [0.25, 0.3) is 0 Å². The monoisotopic (exact) mass is 288 g/mol. The van der Waals surface area contributed by atoms with E-state index in [0.717, 1.165) is 0 Å². The predicted molar refractivity (Wildman–Crippen MR) is 63.3 cm³/mol. The van der Waals surface area contributed by atoms with Crippen molar-refractivity contribution in [2.24, 2.45) is 0 Å². The first-order valence-electron chi connectivity index (χ1n) is 5.07. The molecule has 5 nitrogen and oxygen atoms in total. The molecule has 0 heterocycles. The van der Waals surface area contributed by atoms with E-state index in [1.165, 1.54) is 18.2 Å². The SMILES string of the molecule is O=C(O)Cc1ccc2cc(S(=O)(=O)[O-])ccc2c1.[Na+]. The van der Waals surface area contributed by atoms with Gasteiger partial charge in [0.05, 0.1) is 11.3 Å². The molecule has 0 aromatic heterocycles. The number of aliphatic carboxylic acids is 1. The Hall–Kier alpha value is -0.920. The van der Waals surface area contributed by atoms with Crippen molar-refractivity contribution in [2.45, 2.75) is 11.3 Å². The van der Waals surface area contributed by atoms with Crippen molar-refractivity contribution in [3.8, 4) is 0 Å². The van der Waals surface area contributed by atoms with E-state index in [0.29, 0.717) is 16.3 Å². The van der Waals surface area contributed by atoms with E-state index in [1.807, 2.05) is 0 Å². The first-order valence-corrected chi connectivity index (χ1v) is 6.47. The van der Waals surface area contributed by atoms with Crippen molar-refractivity contribution in [1.29, 1.82) is 0 Å². The quantitative estimate of drug-likeness (QED) is 0.541. The van der Waals surface area contributed by atoms with E-state index in [4.69, 9.17) is 5.11 Å². The van der Waals surface area contributed by atoms with E-state index in [-0.39, 0.29) is 40.9 Å². The zero-order chi connectivity index (χ0) is 13.3. The number of hydrogen-bond donors (Lipinski definition) is 1.